The molecule has 0 saturated carbocycles. The number of aryl methyl sites for hydroxylation is 1. The van der Waals surface area contributed by atoms with Gasteiger partial charge in [-0.2, -0.15) is 16.7 Å². The highest BCUT2D eigenvalue weighted by Gasteiger charge is 2.20. The lowest BCUT2D eigenvalue weighted by atomic mass is 10.4. The van der Waals surface area contributed by atoms with E-state index in [0.717, 1.165) is 18.8 Å². The maximum absolute atomic E-state index is 5.11. The first-order valence-corrected chi connectivity index (χ1v) is 5.47. The van der Waals surface area contributed by atoms with Crippen molar-refractivity contribution in [3.05, 3.63) is 5.82 Å². The standard InChI is InChI=1S/C8H13N3OS/c1-6-5-11(3-4-13-6)8-9-7(2)10-12-8/h6H,3-5H2,1-2H3. The van der Waals surface area contributed by atoms with E-state index >= 15 is 0 Å². The number of anilines is 1. The van der Waals surface area contributed by atoms with Gasteiger partial charge < -0.3 is 9.42 Å². The molecule has 1 aromatic heterocycles. The summed E-state index contributed by atoms with van der Waals surface area (Å²) >= 11 is 1.99. The third-order valence-corrected chi connectivity index (χ3v) is 3.16. The summed E-state index contributed by atoms with van der Waals surface area (Å²) in [5, 5.41) is 4.44. The van der Waals surface area contributed by atoms with Gasteiger partial charge >= 0.3 is 6.01 Å². The fourth-order valence-electron chi connectivity index (χ4n) is 1.41. The van der Waals surface area contributed by atoms with Gasteiger partial charge in [0, 0.05) is 24.1 Å². The van der Waals surface area contributed by atoms with Crippen LogP contribution < -0.4 is 4.90 Å². The van der Waals surface area contributed by atoms with Gasteiger partial charge in [0.25, 0.3) is 0 Å². The van der Waals surface area contributed by atoms with Crippen LogP contribution in [0.5, 0.6) is 0 Å². The van der Waals surface area contributed by atoms with E-state index in [0.29, 0.717) is 17.1 Å². The molecule has 0 N–H and O–H groups in total. The molecule has 4 nitrogen and oxygen atoms in total. The fourth-order valence-corrected chi connectivity index (χ4v) is 2.42. The van der Waals surface area contributed by atoms with Crippen LogP contribution in [0, 0.1) is 6.92 Å². The van der Waals surface area contributed by atoms with E-state index in [2.05, 4.69) is 22.0 Å². The van der Waals surface area contributed by atoms with Crippen molar-refractivity contribution >= 4 is 17.8 Å². The van der Waals surface area contributed by atoms with Crippen LogP contribution >= 0.6 is 11.8 Å². The summed E-state index contributed by atoms with van der Waals surface area (Å²) in [6, 6.07) is 0.671. The van der Waals surface area contributed by atoms with E-state index in [1.165, 1.54) is 0 Å². The van der Waals surface area contributed by atoms with Crippen molar-refractivity contribution in [3.8, 4) is 0 Å². The molecule has 5 heteroatoms. The minimum absolute atomic E-state index is 0.654. The molecule has 2 heterocycles. The van der Waals surface area contributed by atoms with E-state index in [1.807, 2.05) is 18.7 Å². The Morgan fingerprint density at radius 2 is 2.46 bits per heavy atom. The second kappa shape index (κ2) is 3.57. The summed E-state index contributed by atoms with van der Waals surface area (Å²) in [7, 11) is 0. The predicted octanol–water partition coefficient (Wildman–Crippen LogP) is 1.32. The van der Waals surface area contributed by atoms with E-state index in [-0.39, 0.29) is 0 Å². The van der Waals surface area contributed by atoms with Gasteiger partial charge in [-0.1, -0.05) is 12.1 Å². The number of rotatable bonds is 1. The van der Waals surface area contributed by atoms with Gasteiger partial charge in [-0.3, -0.25) is 0 Å². The van der Waals surface area contributed by atoms with E-state index in [1.54, 1.807) is 0 Å². The van der Waals surface area contributed by atoms with Gasteiger partial charge in [0.1, 0.15) is 0 Å². The summed E-state index contributed by atoms with van der Waals surface area (Å²) in [4.78, 5) is 6.36. The zero-order valence-electron chi connectivity index (χ0n) is 7.86. The molecule has 1 unspecified atom stereocenters. The maximum atomic E-state index is 5.11. The second-order valence-corrected chi connectivity index (χ2v) is 4.80. The monoisotopic (exact) mass is 199 g/mol. The molecule has 0 aromatic carbocycles. The van der Waals surface area contributed by atoms with Crippen LogP contribution in [0.15, 0.2) is 4.52 Å². The van der Waals surface area contributed by atoms with Crippen LogP contribution in [0.2, 0.25) is 0 Å². The molecule has 72 valence electrons. The predicted molar refractivity (Wildman–Crippen MR) is 53.2 cm³/mol. The molecule has 1 saturated heterocycles. The van der Waals surface area contributed by atoms with Gasteiger partial charge in [0.15, 0.2) is 5.82 Å². The van der Waals surface area contributed by atoms with Crippen molar-refractivity contribution in [3.63, 3.8) is 0 Å². The van der Waals surface area contributed by atoms with Gasteiger partial charge in [-0.25, -0.2) is 0 Å². The molecular formula is C8H13N3OS. The Labute approximate surface area is 81.7 Å². The molecule has 1 fully saturated rings. The van der Waals surface area contributed by atoms with Crippen LogP contribution in [0.1, 0.15) is 12.7 Å². The summed E-state index contributed by atoms with van der Waals surface area (Å²) in [6.07, 6.45) is 0. The number of hydrogen-bond donors (Lipinski definition) is 0. The Kier molecular flexibility index (Phi) is 2.44. The minimum Gasteiger partial charge on any atom is -0.322 e. The quantitative estimate of drug-likeness (QED) is 0.682. The molecule has 0 spiro atoms. The Hall–Kier alpha value is -0.710. The lowest BCUT2D eigenvalue weighted by Crippen LogP contribution is -2.36. The summed E-state index contributed by atoms with van der Waals surface area (Å²) in [5.74, 6) is 1.85. The molecule has 0 radical (unpaired) electrons. The minimum atomic E-state index is 0.654. The van der Waals surface area contributed by atoms with Crippen molar-refractivity contribution in [2.24, 2.45) is 0 Å². The maximum Gasteiger partial charge on any atom is 0.324 e. The SMILES string of the molecule is Cc1noc(N2CCSC(C)C2)n1. The van der Waals surface area contributed by atoms with Crippen molar-refractivity contribution in [1.82, 2.24) is 10.1 Å². The molecule has 13 heavy (non-hydrogen) atoms. The van der Waals surface area contributed by atoms with Crippen molar-refractivity contribution in [1.29, 1.82) is 0 Å². The number of aromatic nitrogens is 2. The smallest absolute Gasteiger partial charge is 0.322 e. The zero-order valence-corrected chi connectivity index (χ0v) is 8.67. The third-order valence-electron chi connectivity index (χ3n) is 2.03. The normalized spacial score (nSPS) is 23.5. The Balaban J connectivity index is 2.08. The number of nitrogens with zero attached hydrogens (tertiary/aromatic N) is 3. The Bertz CT molecular complexity index is 289. The van der Waals surface area contributed by atoms with E-state index in [4.69, 9.17) is 4.52 Å². The van der Waals surface area contributed by atoms with Crippen LogP contribution in [0.4, 0.5) is 6.01 Å². The van der Waals surface area contributed by atoms with Gasteiger partial charge in [-0.05, 0) is 6.92 Å². The van der Waals surface area contributed by atoms with Crippen molar-refractivity contribution < 1.29 is 4.52 Å². The summed E-state index contributed by atoms with van der Waals surface area (Å²) < 4.78 is 5.11. The Morgan fingerprint density at radius 3 is 3.08 bits per heavy atom. The average molecular weight is 199 g/mol. The first-order chi connectivity index (χ1) is 6.25. The van der Waals surface area contributed by atoms with Crippen LogP contribution in [0.25, 0.3) is 0 Å². The highest BCUT2D eigenvalue weighted by molar-refractivity contribution is 8.00. The van der Waals surface area contributed by atoms with Gasteiger partial charge in [0.05, 0.1) is 0 Å². The second-order valence-electron chi connectivity index (χ2n) is 3.25. The van der Waals surface area contributed by atoms with Crippen LogP contribution in [0.3, 0.4) is 0 Å². The Morgan fingerprint density at radius 1 is 1.62 bits per heavy atom. The molecule has 1 atom stereocenters. The van der Waals surface area contributed by atoms with Crippen molar-refractivity contribution in [2.45, 2.75) is 19.1 Å². The molecular weight excluding hydrogens is 186 g/mol. The average Bonchev–Trinajstić information content (AvgIpc) is 2.52. The van der Waals surface area contributed by atoms with Gasteiger partial charge in [-0.15, -0.1) is 0 Å². The number of hydrogen-bond acceptors (Lipinski definition) is 5. The van der Waals surface area contributed by atoms with Crippen molar-refractivity contribution in [2.75, 3.05) is 23.7 Å². The van der Waals surface area contributed by atoms with E-state index < -0.39 is 0 Å². The first kappa shape index (κ1) is 8.87. The highest BCUT2D eigenvalue weighted by atomic mass is 32.2. The lowest BCUT2D eigenvalue weighted by Gasteiger charge is -2.28. The summed E-state index contributed by atoms with van der Waals surface area (Å²) in [5.41, 5.74) is 0. The van der Waals surface area contributed by atoms with Crippen LogP contribution in [-0.2, 0) is 0 Å². The topological polar surface area (TPSA) is 42.2 Å². The van der Waals surface area contributed by atoms with Crippen LogP contribution in [-0.4, -0.2) is 34.2 Å². The first-order valence-electron chi connectivity index (χ1n) is 4.42. The zero-order chi connectivity index (χ0) is 9.26. The molecule has 1 aromatic rings. The molecule has 1 aliphatic heterocycles. The molecule has 1 aliphatic rings. The lowest BCUT2D eigenvalue weighted by molar-refractivity contribution is 0.409. The van der Waals surface area contributed by atoms with Gasteiger partial charge in [0.2, 0.25) is 0 Å². The molecule has 0 bridgehead atoms. The molecule has 0 amide bonds. The molecule has 2 rings (SSSR count). The van der Waals surface area contributed by atoms with E-state index in [9.17, 15) is 0 Å². The number of thioether (sulfide) groups is 1. The summed E-state index contributed by atoms with van der Waals surface area (Å²) in [6.45, 7) is 6.08. The largest absolute Gasteiger partial charge is 0.324 e. The molecule has 0 aliphatic carbocycles. The third kappa shape index (κ3) is 1.96. The fraction of sp³-hybridized carbons (Fsp3) is 0.750. The highest BCUT2D eigenvalue weighted by Crippen LogP contribution is 2.21.